The van der Waals surface area contributed by atoms with Crippen molar-refractivity contribution in [3.63, 3.8) is 0 Å². The fraction of sp³-hybridized carbons (Fsp3) is 0.600. The molecular formula is C15H23N3O3. The summed E-state index contributed by atoms with van der Waals surface area (Å²) in [6.45, 7) is 4.20. The highest BCUT2D eigenvalue weighted by atomic mass is 16.5. The van der Waals surface area contributed by atoms with Gasteiger partial charge in [0.25, 0.3) is 0 Å². The van der Waals surface area contributed by atoms with E-state index in [1.54, 1.807) is 13.1 Å². The topological polar surface area (TPSA) is 72.5 Å². The maximum atomic E-state index is 11.8. The predicted octanol–water partition coefficient (Wildman–Crippen LogP) is 1.19. The zero-order chi connectivity index (χ0) is 14.9. The van der Waals surface area contributed by atoms with Crippen LogP contribution < -0.4 is 10.6 Å². The summed E-state index contributed by atoms with van der Waals surface area (Å²) in [5, 5.41) is 5.96. The number of carbonyl (C=O) groups excluding carboxylic acids is 1. The van der Waals surface area contributed by atoms with Crippen LogP contribution in [0.4, 0.5) is 5.82 Å². The average Bonchev–Trinajstić information content (AvgIpc) is 3.03. The van der Waals surface area contributed by atoms with Crippen molar-refractivity contribution in [1.29, 1.82) is 0 Å². The van der Waals surface area contributed by atoms with Crippen LogP contribution in [-0.4, -0.2) is 49.4 Å². The van der Waals surface area contributed by atoms with Crippen molar-refractivity contribution >= 4 is 11.7 Å². The Bertz CT molecular complexity index is 421. The number of ether oxygens (including phenoxy) is 2. The van der Waals surface area contributed by atoms with Gasteiger partial charge in [0.05, 0.1) is 12.7 Å². The molecule has 1 aliphatic heterocycles. The van der Waals surface area contributed by atoms with Crippen LogP contribution in [0, 0.1) is 0 Å². The maximum Gasteiger partial charge on any atom is 0.248 e. The molecule has 6 heteroatoms. The molecule has 2 atom stereocenters. The van der Waals surface area contributed by atoms with Crippen molar-refractivity contribution in [2.75, 3.05) is 31.6 Å². The minimum atomic E-state index is -0.455. The van der Waals surface area contributed by atoms with Crippen molar-refractivity contribution in [2.45, 2.75) is 32.0 Å². The van der Waals surface area contributed by atoms with Crippen LogP contribution in [0.1, 0.15) is 19.8 Å². The molecule has 2 N–H and O–H groups in total. The Morgan fingerprint density at radius 1 is 1.52 bits per heavy atom. The number of aromatic nitrogens is 1. The largest absolute Gasteiger partial charge is 0.376 e. The molecule has 0 aromatic carbocycles. The first-order valence-corrected chi connectivity index (χ1v) is 7.41. The normalized spacial score (nSPS) is 19.2. The van der Waals surface area contributed by atoms with Crippen molar-refractivity contribution < 1.29 is 14.3 Å². The van der Waals surface area contributed by atoms with Gasteiger partial charge in [0.1, 0.15) is 11.9 Å². The second kappa shape index (κ2) is 8.59. The lowest BCUT2D eigenvalue weighted by molar-refractivity contribution is -0.133. The third kappa shape index (κ3) is 5.69. The van der Waals surface area contributed by atoms with Crippen LogP contribution >= 0.6 is 0 Å². The summed E-state index contributed by atoms with van der Waals surface area (Å²) < 4.78 is 11.0. The van der Waals surface area contributed by atoms with Gasteiger partial charge in [0, 0.05) is 25.9 Å². The molecule has 6 nitrogen and oxygen atoms in total. The van der Waals surface area contributed by atoms with Gasteiger partial charge >= 0.3 is 0 Å². The summed E-state index contributed by atoms with van der Waals surface area (Å²) >= 11 is 0. The van der Waals surface area contributed by atoms with E-state index in [1.807, 2.05) is 18.2 Å². The summed E-state index contributed by atoms with van der Waals surface area (Å²) in [4.78, 5) is 16.0. The first-order valence-electron chi connectivity index (χ1n) is 7.41. The molecule has 0 bridgehead atoms. The molecule has 0 saturated carbocycles. The first kappa shape index (κ1) is 15.7. The van der Waals surface area contributed by atoms with Crippen LogP contribution in [-0.2, 0) is 14.3 Å². The van der Waals surface area contributed by atoms with E-state index in [0.717, 1.165) is 25.3 Å². The van der Waals surface area contributed by atoms with Gasteiger partial charge in [-0.1, -0.05) is 6.07 Å². The predicted molar refractivity (Wildman–Crippen MR) is 80.1 cm³/mol. The highest BCUT2D eigenvalue weighted by Gasteiger charge is 2.19. The third-order valence-corrected chi connectivity index (χ3v) is 3.32. The molecule has 0 spiro atoms. The van der Waals surface area contributed by atoms with Gasteiger partial charge in [0.2, 0.25) is 5.91 Å². The Balaban J connectivity index is 1.55. The van der Waals surface area contributed by atoms with Gasteiger partial charge in [-0.25, -0.2) is 4.98 Å². The van der Waals surface area contributed by atoms with E-state index < -0.39 is 6.10 Å². The number of hydrogen-bond acceptors (Lipinski definition) is 5. The van der Waals surface area contributed by atoms with E-state index >= 15 is 0 Å². The molecule has 1 aromatic heterocycles. The van der Waals surface area contributed by atoms with E-state index in [-0.39, 0.29) is 12.0 Å². The molecular weight excluding hydrogens is 270 g/mol. The molecule has 1 aromatic rings. The Hall–Kier alpha value is -1.66. The second-order valence-electron chi connectivity index (χ2n) is 5.04. The van der Waals surface area contributed by atoms with Crippen molar-refractivity contribution in [3.8, 4) is 0 Å². The molecule has 1 fully saturated rings. The molecule has 21 heavy (non-hydrogen) atoms. The van der Waals surface area contributed by atoms with E-state index in [1.165, 1.54) is 0 Å². The van der Waals surface area contributed by atoms with E-state index in [2.05, 4.69) is 15.6 Å². The fourth-order valence-corrected chi connectivity index (χ4v) is 2.09. The van der Waals surface area contributed by atoms with Crippen LogP contribution in [0.3, 0.4) is 0 Å². The van der Waals surface area contributed by atoms with Crippen molar-refractivity contribution in [1.82, 2.24) is 10.3 Å². The smallest absolute Gasteiger partial charge is 0.248 e. The average molecular weight is 293 g/mol. The molecule has 116 valence electrons. The first-order chi connectivity index (χ1) is 10.3. The molecule has 2 heterocycles. The number of hydrogen-bond donors (Lipinski definition) is 2. The van der Waals surface area contributed by atoms with Crippen molar-refractivity contribution in [3.05, 3.63) is 24.4 Å². The summed E-state index contributed by atoms with van der Waals surface area (Å²) in [6.07, 6.45) is 3.51. The Morgan fingerprint density at radius 2 is 2.43 bits per heavy atom. The minimum absolute atomic E-state index is 0.101. The Morgan fingerprint density at radius 3 is 3.14 bits per heavy atom. The van der Waals surface area contributed by atoms with Crippen LogP contribution in [0.15, 0.2) is 24.4 Å². The van der Waals surface area contributed by atoms with Crippen LogP contribution in [0.2, 0.25) is 0 Å². The number of rotatable bonds is 8. The molecule has 0 radical (unpaired) electrons. The van der Waals surface area contributed by atoms with Gasteiger partial charge in [-0.05, 0) is 31.9 Å². The quantitative estimate of drug-likeness (QED) is 0.705. The lowest BCUT2D eigenvalue weighted by atomic mass is 10.2. The standard InChI is InChI=1S/C15H23N3O3/c1-12(21-11-13-5-4-10-20-13)15(19)18-9-8-17-14-6-2-3-7-16-14/h2-3,6-7,12-13H,4-5,8-11H2,1H3,(H,16,17)(H,18,19). The number of pyridine rings is 1. The Labute approximate surface area is 125 Å². The molecule has 2 unspecified atom stereocenters. The molecule has 1 amide bonds. The highest BCUT2D eigenvalue weighted by molar-refractivity contribution is 5.80. The lowest BCUT2D eigenvalue weighted by Gasteiger charge is -2.16. The van der Waals surface area contributed by atoms with Crippen LogP contribution in [0.5, 0.6) is 0 Å². The number of anilines is 1. The minimum Gasteiger partial charge on any atom is -0.376 e. The van der Waals surface area contributed by atoms with E-state index in [0.29, 0.717) is 19.7 Å². The van der Waals surface area contributed by atoms with E-state index in [9.17, 15) is 4.79 Å². The van der Waals surface area contributed by atoms with Crippen LogP contribution in [0.25, 0.3) is 0 Å². The Kier molecular flexibility index (Phi) is 6.43. The van der Waals surface area contributed by atoms with Gasteiger partial charge in [-0.3, -0.25) is 4.79 Å². The van der Waals surface area contributed by atoms with Gasteiger partial charge < -0.3 is 20.1 Å². The molecule has 1 saturated heterocycles. The fourth-order valence-electron chi connectivity index (χ4n) is 2.09. The third-order valence-electron chi connectivity index (χ3n) is 3.32. The van der Waals surface area contributed by atoms with Crippen molar-refractivity contribution in [2.24, 2.45) is 0 Å². The lowest BCUT2D eigenvalue weighted by Crippen LogP contribution is -2.38. The zero-order valence-electron chi connectivity index (χ0n) is 12.4. The molecule has 0 aliphatic carbocycles. The number of carbonyl (C=O) groups is 1. The van der Waals surface area contributed by atoms with E-state index in [4.69, 9.17) is 9.47 Å². The summed E-state index contributed by atoms with van der Waals surface area (Å²) in [7, 11) is 0. The number of nitrogens with zero attached hydrogens (tertiary/aromatic N) is 1. The highest BCUT2D eigenvalue weighted by Crippen LogP contribution is 2.12. The number of nitrogens with one attached hydrogen (secondary N) is 2. The SMILES string of the molecule is CC(OCC1CCCO1)C(=O)NCCNc1ccccn1. The van der Waals surface area contributed by atoms with Gasteiger partial charge in [0.15, 0.2) is 0 Å². The second-order valence-corrected chi connectivity index (χ2v) is 5.04. The number of amides is 1. The molecule has 2 rings (SSSR count). The van der Waals surface area contributed by atoms with Gasteiger partial charge in [-0.2, -0.15) is 0 Å². The zero-order valence-corrected chi connectivity index (χ0v) is 12.4. The van der Waals surface area contributed by atoms with Gasteiger partial charge in [-0.15, -0.1) is 0 Å². The summed E-state index contributed by atoms with van der Waals surface area (Å²) in [5.41, 5.74) is 0. The monoisotopic (exact) mass is 293 g/mol. The molecule has 1 aliphatic rings. The maximum absolute atomic E-state index is 11.8. The summed E-state index contributed by atoms with van der Waals surface area (Å²) in [6, 6.07) is 5.66. The summed E-state index contributed by atoms with van der Waals surface area (Å²) in [5.74, 6) is 0.699.